The summed E-state index contributed by atoms with van der Waals surface area (Å²) in [5.74, 6) is 0.427. The number of hydrogen-bond acceptors (Lipinski definition) is 15. The number of aryl methyl sites for hydroxylation is 1. The number of aromatic nitrogens is 5. The zero-order chi connectivity index (χ0) is 50.3. The van der Waals surface area contributed by atoms with Crippen LogP contribution < -0.4 is 26.2 Å². The van der Waals surface area contributed by atoms with Gasteiger partial charge in [0, 0.05) is 79.3 Å². The van der Waals surface area contributed by atoms with Gasteiger partial charge in [0.2, 0.25) is 17.7 Å². The van der Waals surface area contributed by atoms with Gasteiger partial charge < -0.3 is 46.2 Å². The average molecular weight is 997 g/mol. The summed E-state index contributed by atoms with van der Waals surface area (Å²) in [5.41, 5.74) is 14.1. The molecule has 0 radical (unpaired) electrons. The molecule has 18 heteroatoms. The molecule has 3 aromatic heterocycles. The van der Waals surface area contributed by atoms with Gasteiger partial charge in [0.25, 0.3) is 0 Å². The molecule has 3 amide bonds. The number of nitrogens with one attached hydrogen (secondary N) is 2. The smallest absolute Gasteiger partial charge is 0.246 e. The zero-order valence-corrected chi connectivity index (χ0v) is 42.6. The van der Waals surface area contributed by atoms with Gasteiger partial charge in [0.15, 0.2) is 5.82 Å². The van der Waals surface area contributed by atoms with Crippen molar-refractivity contribution < 1.29 is 24.6 Å². The summed E-state index contributed by atoms with van der Waals surface area (Å²) >= 11 is 1.51. The molecule has 2 bridgehead atoms. The SMILES string of the molecule is Cc1ncsc1-c1cnc(CNC(=O)[C@@H]2C[C@@H](O)CN2C(=O)[C@@H](NC(=O)C2CCC(N3CCC(c4ccc(N5C6CCC5CN(c5cc(-c7ccccc7O)nnc5N)C6)cc4)CC3)CC2)C(C)(C)C)nc1. The number of β-amino-alcohol motifs (C(OH)–C–C–N with tert-alkyl or cyclic N) is 1. The number of carbonyl (C=O) groups excluding carboxylic acids is 3. The number of nitrogens with zero attached hydrogens (tertiary/aromatic N) is 9. The maximum Gasteiger partial charge on any atom is 0.246 e. The van der Waals surface area contributed by atoms with Crippen molar-refractivity contribution in [2.24, 2.45) is 11.3 Å². The topological polar surface area (TPSA) is 219 Å². The van der Waals surface area contributed by atoms with Crippen LogP contribution in [0.15, 0.2) is 72.5 Å². The number of rotatable bonds is 12. The fraction of sp³-hybridized carbons (Fsp3) is 0.519. The molecule has 6 N–H and O–H groups in total. The number of aromatic hydroxyl groups is 1. The maximum atomic E-state index is 14.3. The van der Waals surface area contributed by atoms with Gasteiger partial charge in [-0.15, -0.1) is 21.5 Å². The summed E-state index contributed by atoms with van der Waals surface area (Å²) in [4.78, 5) is 65.0. The minimum atomic E-state index is -0.888. The van der Waals surface area contributed by atoms with E-state index in [0.717, 1.165) is 99.4 Å². The molecule has 1 aliphatic carbocycles. The van der Waals surface area contributed by atoms with Gasteiger partial charge in [-0.05, 0) is 119 Å². The number of carbonyl (C=O) groups is 3. The molecule has 4 aliphatic heterocycles. The van der Waals surface area contributed by atoms with Crippen LogP contribution in [0, 0.1) is 18.3 Å². The molecule has 17 nitrogen and oxygen atoms in total. The van der Waals surface area contributed by atoms with E-state index in [-0.39, 0.29) is 43.0 Å². The first-order chi connectivity index (χ1) is 34.7. The Hall–Kier alpha value is -6.24. The van der Waals surface area contributed by atoms with Crippen LogP contribution in [-0.4, -0.2) is 132 Å². The van der Waals surface area contributed by atoms with Crippen LogP contribution in [0.4, 0.5) is 17.2 Å². The minimum absolute atomic E-state index is 0.0129. The van der Waals surface area contributed by atoms with Crippen molar-refractivity contribution >= 4 is 46.3 Å². The molecular weight excluding hydrogens is 929 g/mol. The first kappa shape index (κ1) is 49.3. The predicted octanol–water partition coefficient (Wildman–Crippen LogP) is 6.06. The fourth-order valence-electron chi connectivity index (χ4n) is 12.0. The Labute approximate surface area is 425 Å². The molecule has 5 fully saturated rings. The van der Waals surface area contributed by atoms with E-state index in [1.807, 2.05) is 45.9 Å². The molecule has 0 spiro atoms. The number of nitrogens with two attached hydrogens (primary N) is 1. The molecule has 1 saturated carbocycles. The van der Waals surface area contributed by atoms with Crippen LogP contribution in [-0.2, 0) is 20.9 Å². The number of nitrogen functional groups attached to an aromatic ring is 1. The lowest BCUT2D eigenvalue weighted by Crippen LogP contribution is -2.58. The summed E-state index contributed by atoms with van der Waals surface area (Å²) in [6, 6.07) is 17.8. The average Bonchev–Trinajstić information content (AvgIpc) is 4.08. The zero-order valence-electron chi connectivity index (χ0n) is 41.8. The normalized spacial score (nSPS) is 24.3. The number of phenolic OH excluding ortho intramolecular Hbond substituents is 1. The van der Waals surface area contributed by atoms with Gasteiger partial charge in [0.1, 0.15) is 23.7 Å². The molecule has 4 saturated heterocycles. The molecule has 2 unspecified atom stereocenters. The number of aliphatic hydroxyl groups excluding tert-OH is 1. The molecule has 10 rings (SSSR count). The number of phenols is 1. The number of anilines is 3. The van der Waals surface area contributed by atoms with Crippen molar-refractivity contribution in [3.8, 4) is 27.4 Å². The monoisotopic (exact) mass is 997 g/mol. The van der Waals surface area contributed by atoms with E-state index in [9.17, 15) is 24.6 Å². The van der Waals surface area contributed by atoms with Gasteiger partial charge in [0.05, 0.1) is 40.1 Å². The third kappa shape index (κ3) is 10.4. The van der Waals surface area contributed by atoms with E-state index in [1.165, 1.54) is 27.5 Å². The Bertz CT molecular complexity index is 2720. The van der Waals surface area contributed by atoms with Gasteiger partial charge in [-0.25, -0.2) is 15.0 Å². The van der Waals surface area contributed by atoms with Crippen LogP contribution >= 0.6 is 11.3 Å². The highest BCUT2D eigenvalue weighted by Gasteiger charge is 2.46. The van der Waals surface area contributed by atoms with E-state index in [4.69, 9.17) is 5.73 Å². The molecule has 7 heterocycles. The summed E-state index contributed by atoms with van der Waals surface area (Å²) < 4.78 is 0. The van der Waals surface area contributed by atoms with Crippen molar-refractivity contribution in [1.82, 2.24) is 45.6 Å². The number of fused-ring (bicyclic) bond motifs is 2. The second-order valence-electron chi connectivity index (χ2n) is 21.7. The van der Waals surface area contributed by atoms with Crippen molar-refractivity contribution in [2.75, 3.05) is 48.3 Å². The number of likely N-dealkylation sites (tertiary alicyclic amines) is 2. The Balaban J connectivity index is 0.686. The number of para-hydroxylation sites is 1. The summed E-state index contributed by atoms with van der Waals surface area (Å²) in [5, 5.41) is 35.8. The van der Waals surface area contributed by atoms with Crippen LogP contribution in [0.1, 0.15) is 102 Å². The highest BCUT2D eigenvalue weighted by molar-refractivity contribution is 7.13. The van der Waals surface area contributed by atoms with Crippen molar-refractivity contribution in [1.29, 1.82) is 0 Å². The van der Waals surface area contributed by atoms with Crippen LogP contribution in [0.3, 0.4) is 0 Å². The molecular formula is C54H68N12O5S. The number of benzene rings is 2. The third-order valence-electron chi connectivity index (χ3n) is 16.0. The fourth-order valence-corrected chi connectivity index (χ4v) is 12.8. The Morgan fingerprint density at radius 2 is 1.53 bits per heavy atom. The summed E-state index contributed by atoms with van der Waals surface area (Å²) in [6.07, 6.45) is 10.5. The first-order valence-electron chi connectivity index (χ1n) is 25.7. The number of hydrogen-bond donors (Lipinski definition) is 5. The lowest BCUT2D eigenvalue weighted by Gasteiger charge is -2.44. The third-order valence-corrected chi connectivity index (χ3v) is 17.0. The van der Waals surface area contributed by atoms with Crippen molar-refractivity contribution in [3.63, 3.8) is 0 Å². The van der Waals surface area contributed by atoms with Crippen LogP contribution in [0.5, 0.6) is 5.75 Å². The quantitative estimate of drug-likeness (QED) is 0.0961. The minimum Gasteiger partial charge on any atom is -0.507 e. The number of amides is 3. The molecule has 2 aromatic carbocycles. The number of aliphatic hydroxyl groups is 1. The Morgan fingerprint density at radius 1 is 0.847 bits per heavy atom. The van der Waals surface area contributed by atoms with Gasteiger partial charge in [-0.2, -0.15) is 0 Å². The molecule has 380 valence electrons. The van der Waals surface area contributed by atoms with E-state index in [2.05, 4.69) is 74.7 Å². The molecule has 72 heavy (non-hydrogen) atoms. The van der Waals surface area contributed by atoms with Crippen LogP contribution in [0.25, 0.3) is 21.7 Å². The molecule has 5 atom stereocenters. The van der Waals surface area contributed by atoms with Gasteiger partial charge in [-0.3, -0.25) is 14.4 Å². The van der Waals surface area contributed by atoms with E-state index < -0.39 is 29.5 Å². The highest BCUT2D eigenvalue weighted by atomic mass is 32.1. The lowest BCUT2D eigenvalue weighted by atomic mass is 9.81. The van der Waals surface area contributed by atoms with Crippen molar-refractivity contribution in [2.45, 2.75) is 134 Å². The van der Waals surface area contributed by atoms with E-state index in [1.54, 1.807) is 30.0 Å². The standard InChI is InChI=1S/C54H68N12O5S/c1-32-48(72-31-59-32)36-25-56-47(57-26-36)27-58-52(70)45-23-41(67)30-65(45)53(71)49(54(2,3)4)60-51(69)35-11-13-37(14-12-35)63-21-19-34(20-22-63)33-9-15-38(16-10-33)66-39-17-18-40(66)29-64(28-39)44-24-43(61-62-50(44)55)42-7-5-6-8-46(42)68/h5-10,15-16,24-26,31,34-35,37,39-41,45,49,67-68H,11-14,17-23,27-30H2,1-4H3,(H2,55,62)(H,58,70)(H,60,69)/t35?,37?,39?,40?,41-,45+,49-/m1/s1. The highest BCUT2D eigenvalue weighted by Crippen LogP contribution is 2.41. The van der Waals surface area contributed by atoms with Crippen LogP contribution in [0.2, 0.25) is 0 Å². The maximum absolute atomic E-state index is 14.3. The second kappa shape index (κ2) is 20.7. The van der Waals surface area contributed by atoms with Crippen molar-refractivity contribution in [3.05, 3.63) is 89.6 Å². The first-order valence-corrected chi connectivity index (χ1v) is 26.6. The Morgan fingerprint density at radius 3 is 2.18 bits per heavy atom. The number of thiazole rings is 1. The molecule has 5 aromatic rings. The number of piperidine rings is 1. The predicted molar refractivity (Wildman–Crippen MR) is 278 cm³/mol. The summed E-state index contributed by atoms with van der Waals surface area (Å²) in [7, 11) is 0. The Kier molecular flexibility index (Phi) is 14.2. The van der Waals surface area contributed by atoms with Gasteiger partial charge in [-0.1, -0.05) is 45.0 Å². The van der Waals surface area contributed by atoms with E-state index in [0.29, 0.717) is 46.9 Å². The molecule has 5 aliphatic rings. The lowest BCUT2D eigenvalue weighted by molar-refractivity contribution is -0.144. The summed E-state index contributed by atoms with van der Waals surface area (Å²) in [6.45, 7) is 11.5. The van der Waals surface area contributed by atoms with Gasteiger partial charge >= 0.3 is 0 Å². The van der Waals surface area contributed by atoms with E-state index >= 15 is 0 Å². The number of piperazine rings is 1. The largest absolute Gasteiger partial charge is 0.507 e. The second-order valence-corrected chi connectivity index (χ2v) is 22.6.